The molecule has 3 rings (SSSR count). The van der Waals surface area contributed by atoms with Gasteiger partial charge in [0.15, 0.2) is 0 Å². The Balaban J connectivity index is 1.87. The molecule has 1 aliphatic heterocycles. The molecule has 0 spiro atoms. The summed E-state index contributed by atoms with van der Waals surface area (Å²) in [6.07, 6.45) is 8.35. The monoisotopic (exact) mass is 393 g/mol. The van der Waals surface area contributed by atoms with Crippen LogP contribution >= 0.6 is 0 Å². The van der Waals surface area contributed by atoms with Crippen molar-refractivity contribution in [2.45, 2.75) is 69.2 Å². The van der Waals surface area contributed by atoms with Crippen LogP contribution in [0.15, 0.2) is 23.1 Å². The van der Waals surface area contributed by atoms with E-state index < -0.39 is 10.0 Å². The summed E-state index contributed by atoms with van der Waals surface area (Å²) < 4.78 is 28.4. The number of amides is 1. The third kappa shape index (κ3) is 5.02. The van der Waals surface area contributed by atoms with Crippen LogP contribution in [0.2, 0.25) is 0 Å². The van der Waals surface area contributed by atoms with Gasteiger partial charge in [-0.15, -0.1) is 0 Å². The highest BCUT2D eigenvalue weighted by Crippen LogP contribution is 2.29. The summed E-state index contributed by atoms with van der Waals surface area (Å²) >= 11 is 0. The minimum absolute atomic E-state index is 0.179. The van der Waals surface area contributed by atoms with Gasteiger partial charge in [0.25, 0.3) is 5.91 Å². The Morgan fingerprint density at radius 2 is 1.81 bits per heavy atom. The molecule has 2 fully saturated rings. The summed E-state index contributed by atoms with van der Waals surface area (Å²) in [6, 6.07) is 5.29. The first-order valence-electron chi connectivity index (χ1n) is 10.2. The molecular formula is C20H31N3O3S. The fourth-order valence-electron chi connectivity index (χ4n) is 3.92. The van der Waals surface area contributed by atoms with E-state index in [2.05, 4.69) is 14.9 Å². The molecule has 1 aliphatic carbocycles. The van der Waals surface area contributed by atoms with Gasteiger partial charge in [-0.05, 0) is 50.3 Å². The summed E-state index contributed by atoms with van der Waals surface area (Å²) in [5.74, 6) is -0.179. The fourth-order valence-corrected chi connectivity index (χ4v) is 5.30. The smallest absolute Gasteiger partial charge is 0.251 e. The van der Waals surface area contributed by atoms with Crippen molar-refractivity contribution in [1.82, 2.24) is 10.0 Å². The average molecular weight is 394 g/mol. The molecule has 1 amide bonds. The Morgan fingerprint density at radius 3 is 2.48 bits per heavy atom. The molecule has 2 aliphatic rings. The average Bonchev–Trinajstić information content (AvgIpc) is 3.21. The molecule has 1 aromatic rings. The van der Waals surface area contributed by atoms with Crippen molar-refractivity contribution in [1.29, 1.82) is 0 Å². The number of nitrogens with zero attached hydrogens (tertiary/aromatic N) is 1. The van der Waals surface area contributed by atoms with Gasteiger partial charge in [0.05, 0.1) is 5.69 Å². The van der Waals surface area contributed by atoms with E-state index in [1.165, 1.54) is 6.42 Å². The molecule has 0 unspecified atom stereocenters. The van der Waals surface area contributed by atoms with Gasteiger partial charge in [0, 0.05) is 31.2 Å². The van der Waals surface area contributed by atoms with E-state index in [0.29, 0.717) is 17.8 Å². The Morgan fingerprint density at radius 1 is 1.11 bits per heavy atom. The summed E-state index contributed by atoms with van der Waals surface area (Å²) in [5, 5.41) is 3.08. The van der Waals surface area contributed by atoms with Gasteiger partial charge in [-0.1, -0.05) is 26.2 Å². The second-order valence-electron chi connectivity index (χ2n) is 7.58. The lowest BCUT2D eigenvalue weighted by molar-refractivity contribution is 0.0927. The summed E-state index contributed by atoms with van der Waals surface area (Å²) in [4.78, 5) is 15.0. The summed E-state index contributed by atoms with van der Waals surface area (Å²) in [6.45, 7) is 4.02. The zero-order chi connectivity index (χ0) is 19.3. The molecule has 27 heavy (non-hydrogen) atoms. The van der Waals surface area contributed by atoms with Crippen LogP contribution in [0.5, 0.6) is 0 Å². The third-order valence-electron chi connectivity index (χ3n) is 5.44. The lowest BCUT2D eigenvalue weighted by Crippen LogP contribution is -2.36. The maximum atomic E-state index is 12.9. The van der Waals surface area contributed by atoms with E-state index in [9.17, 15) is 13.2 Å². The van der Waals surface area contributed by atoms with Crippen LogP contribution in [-0.4, -0.2) is 40.0 Å². The van der Waals surface area contributed by atoms with Crippen LogP contribution in [0.3, 0.4) is 0 Å². The molecule has 7 heteroatoms. The first-order valence-corrected chi connectivity index (χ1v) is 11.7. The molecule has 6 nitrogen and oxygen atoms in total. The molecule has 0 aromatic heterocycles. The number of anilines is 1. The van der Waals surface area contributed by atoms with Crippen LogP contribution in [0.4, 0.5) is 5.69 Å². The zero-order valence-corrected chi connectivity index (χ0v) is 17.0. The van der Waals surface area contributed by atoms with E-state index >= 15 is 0 Å². The number of nitrogens with one attached hydrogen (secondary N) is 2. The highest BCUT2D eigenvalue weighted by Gasteiger charge is 2.25. The molecular weight excluding hydrogens is 362 g/mol. The Labute approximate surface area is 162 Å². The largest absolute Gasteiger partial charge is 0.370 e. The lowest BCUT2D eigenvalue weighted by Gasteiger charge is -2.24. The van der Waals surface area contributed by atoms with Crippen LogP contribution in [-0.2, 0) is 10.0 Å². The van der Waals surface area contributed by atoms with Gasteiger partial charge in [-0.3, -0.25) is 4.79 Å². The normalized spacial score (nSPS) is 18.6. The van der Waals surface area contributed by atoms with Crippen molar-refractivity contribution < 1.29 is 13.2 Å². The second kappa shape index (κ2) is 9.06. The molecule has 1 heterocycles. The van der Waals surface area contributed by atoms with E-state index in [4.69, 9.17) is 0 Å². The number of hydrogen-bond acceptors (Lipinski definition) is 4. The van der Waals surface area contributed by atoms with Crippen molar-refractivity contribution in [3.63, 3.8) is 0 Å². The molecule has 1 saturated carbocycles. The Hall–Kier alpha value is -1.60. The van der Waals surface area contributed by atoms with E-state index in [0.717, 1.165) is 58.0 Å². The van der Waals surface area contributed by atoms with E-state index in [1.807, 2.05) is 6.92 Å². The second-order valence-corrected chi connectivity index (χ2v) is 9.32. The maximum absolute atomic E-state index is 12.9. The number of rotatable bonds is 7. The lowest BCUT2D eigenvalue weighted by atomic mass is 9.95. The van der Waals surface area contributed by atoms with Crippen molar-refractivity contribution in [2.75, 3.05) is 24.5 Å². The highest BCUT2D eigenvalue weighted by atomic mass is 32.2. The van der Waals surface area contributed by atoms with Gasteiger partial charge in [0.1, 0.15) is 4.90 Å². The Bertz CT molecular complexity index is 752. The van der Waals surface area contributed by atoms with Gasteiger partial charge >= 0.3 is 0 Å². The number of carbonyl (C=O) groups excluding carboxylic acids is 1. The minimum Gasteiger partial charge on any atom is -0.370 e. The van der Waals surface area contributed by atoms with Crippen molar-refractivity contribution in [3.05, 3.63) is 23.8 Å². The molecule has 150 valence electrons. The van der Waals surface area contributed by atoms with Crippen molar-refractivity contribution in [2.24, 2.45) is 0 Å². The van der Waals surface area contributed by atoms with E-state index in [1.54, 1.807) is 18.2 Å². The van der Waals surface area contributed by atoms with Crippen molar-refractivity contribution in [3.8, 4) is 0 Å². The zero-order valence-electron chi connectivity index (χ0n) is 16.2. The van der Waals surface area contributed by atoms with Crippen LogP contribution in [0, 0.1) is 0 Å². The topological polar surface area (TPSA) is 78.5 Å². The molecule has 1 saturated heterocycles. The quantitative estimate of drug-likeness (QED) is 0.746. The minimum atomic E-state index is -3.65. The standard InChI is InChI=1S/C20H31N3O3S/c1-2-12-21-27(25,26)19-15-16(10-11-18(19)23-13-6-7-14-23)20(24)22-17-8-4-3-5-9-17/h10-11,15,17,21H,2-9,12-14H2,1H3,(H,22,24). The number of carbonyl (C=O) groups is 1. The van der Waals surface area contributed by atoms with Crippen LogP contribution in [0.25, 0.3) is 0 Å². The number of sulfonamides is 1. The first-order chi connectivity index (χ1) is 13.0. The summed E-state index contributed by atoms with van der Waals surface area (Å²) in [7, 11) is -3.65. The van der Waals surface area contributed by atoms with Gasteiger partial charge in [0.2, 0.25) is 10.0 Å². The SMILES string of the molecule is CCCNS(=O)(=O)c1cc(C(=O)NC2CCCCC2)ccc1N1CCCC1. The van der Waals surface area contributed by atoms with Crippen molar-refractivity contribution >= 4 is 21.6 Å². The van der Waals surface area contributed by atoms with Crippen LogP contribution < -0.4 is 14.9 Å². The van der Waals surface area contributed by atoms with Gasteiger partial charge < -0.3 is 10.2 Å². The third-order valence-corrected chi connectivity index (χ3v) is 6.93. The molecule has 2 N–H and O–H groups in total. The van der Waals surface area contributed by atoms with Gasteiger partial charge in [-0.25, -0.2) is 13.1 Å². The molecule has 0 radical (unpaired) electrons. The highest BCUT2D eigenvalue weighted by molar-refractivity contribution is 7.89. The number of hydrogen-bond donors (Lipinski definition) is 2. The predicted octanol–water partition coefficient (Wildman–Crippen LogP) is 3.04. The van der Waals surface area contributed by atoms with Gasteiger partial charge in [-0.2, -0.15) is 0 Å². The maximum Gasteiger partial charge on any atom is 0.251 e. The first kappa shape index (κ1) is 20.1. The van der Waals surface area contributed by atoms with Crippen LogP contribution in [0.1, 0.15) is 68.6 Å². The molecule has 0 atom stereocenters. The summed E-state index contributed by atoms with van der Waals surface area (Å²) in [5.41, 5.74) is 1.12. The number of benzene rings is 1. The van der Waals surface area contributed by atoms with E-state index in [-0.39, 0.29) is 16.8 Å². The molecule has 0 bridgehead atoms. The fraction of sp³-hybridized carbons (Fsp3) is 0.650. The Kier molecular flexibility index (Phi) is 6.76. The predicted molar refractivity (Wildman–Crippen MR) is 108 cm³/mol. The molecule has 1 aromatic carbocycles.